The minimum absolute atomic E-state index is 0.0773. The van der Waals surface area contributed by atoms with E-state index in [0.717, 1.165) is 19.6 Å². The Morgan fingerprint density at radius 1 is 1.36 bits per heavy atom. The van der Waals surface area contributed by atoms with Crippen LogP contribution >= 0.6 is 0 Å². The van der Waals surface area contributed by atoms with Crippen molar-refractivity contribution < 1.29 is 5.11 Å². The number of aliphatic hydroxyl groups excluding tert-OH is 1. The van der Waals surface area contributed by atoms with Gasteiger partial charge in [-0.15, -0.1) is 0 Å². The Bertz CT molecular complexity index is 149. The lowest BCUT2D eigenvalue weighted by Crippen LogP contribution is -2.41. The second-order valence-corrected chi connectivity index (χ2v) is 3.75. The molecule has 4 unspecified atom stereocenters. The molecule has 64 valence electrons. The first kappa shape index (κ1) is 7.53. The normalized spacial score (nSPS) is 49.6. The van der Waals surface area contributed by atoms with Gasteiger partial charge in [0.25, 0.3) is 0 Å². The van der Waals surface area contributed by atoms with Gasteiger partial charge in [0.05, 0.1) is 6.10 Å². The Morgan fingerprint density at radius 3 is 2.91 bits per heavy atom. The molecule has 3 N–H and O–H groups in total. The van der Waals surface area contributed by atoms with E-state index in [-0.39, 0.29) is 6.10 Å². The Hall–Kier alpha value is -0.120. The second-order valence-electron chi connectivity index (χ2n) is 3.75. The van der Waals surface area contributed by atoms with Gasteiger partial charge >= 0.3 is 0 Å². The van der Waals surface area contributed by atoms with Crippen molar-refractivity contribution in [2.75, 3.05) is 19.6 Å². The van der Waals surface area contributed by atoms with Gasteiger partial charge in [0.15, 0.2) is 0 Å². The third-order valence-electron chi connectivity index (χ3n) is 3.09. The van der Waals surface area contributed by atoms with Gasteiger partial charge in [0.2, 0.25) is 0 Å². The molecule has 0 radical (unpaired) electrons. The standard InChI is InChI=1S/C8H16N2O/c9-3-7-2-1-6-4-10(7)5-8(6)11/h6-8,11H,1-5,9H2. The van der Waals surface area contributed by atoms with Crippen LogP contribution in [0.15, 0.2) is 0 Å². The van der Waals surface area contributed by atoms with Crippen molar-refractivity contribution in [2.45, 2.75) is 25.0 Å². The summed E-state index contributed by atoms with van der Waals surface area (Å²) in [5.41, 5.74) is 5.61. The Labute approximate surface area is 67.2 Å². The van der Waals surface area contributed by atoms with Crippen LogP contribution in [0.3, 0.4) is 0 Å². The van der Waals surface area contributed by atoms with Gasteiger partial charge in [0.1, 0.15) is 0 Å². The van der Waals surface area contributed by atoms with Crippen molar-refractivity contribution in [3.63, 3.8) is 0 Å². The summed E-state index contributed by atoms with van der Waals surface area (Å²) < 4.78 is 0. The lowest BCUT2D eigenvalue weighted by atomic mass is 9.95. The molecular weight excluding hydrogens is 140 g/mol. The fourth-order valence-corrected chi connectivity index (χ4v) is 2.32. The van der Waals surface area contributed by atoms with E-state index in [1.165, 1.54) is 12.8 Å². The van der Waals surface area contributed by atoms with E-state index in [1.54, 1.807) is 0 Å². The molecule has 0 spiro atoms. The first-order chi connectivity index (χ1) is 5.31. The molecule has 11 heavy (non-hydrogen) atoms. The summed E-state index contributed by atoms with van der Waals surface area (Å²) in [6, 6.07) is 0.545. The molecule has 2 saturated heterocycles. The number of fused-ring (bicyclic) bond motifs is 2. The van der Waals surface area contributed by atoms with E-state index in [0.29, 0.717) is 12.0 Å². The minimum Gasteiger partial charge on any atom is -0.391 e. The van der Waals surface area contributed by atoms with Crippen LogP contribution in [-0.2, 0) is 0 Å². The summed E-state index contributed by atoms with van der Waals surface area (Å²) in [6.45, 7) is 2.68. The van der Waals surface area contributed by atoms with Crippen LogP contribution in [0.5, 0.6) is 0 Å². The number of piperidine rings is 1. The number of hydrogen-bond acceptors (Lipinski definition) is 3. The monoisotopic (exact) mass is 156 g/mol. The molecule has 0 amide bonds. The number of nitrogens with zero attached hydrogens (tertiary/aromatic N) is 1. The second kappa shape index (κ2) is 2.73. The third-order valence-corrected chi connectivity index (χ3v) is 3.09. The van der Waals surface area contributed by atoms with Gasteiger partial charge < -0.3 is 10.8 Å². The Morgan fingerprint density at radius 2 is 2.18 bits per heavy atom. The maximum Gasteiger partial charge on any atom is 0.0707 e. The van der Waals surface area contributed by atoms with Crippen molar-refractivity contribution in [3.05, 3.63) is 0 Å². The number of nitrogens with two attached hydrogens (primary N) is 1. The Balaban J connectivity index is 2.03. The highest BCUT2D eigenvalue weighted by Crippen LogP contribution is 2.30. The van der Waals surface area contributed by atoms with E-state index >= 15 is 0 Å². The molecule has 0 saturated carbocycles. The van der Waals surface area contributed by atoms with Crippen LogP contribution in [0.25, 0.3) is 0 Å². The molecule has 2 aliphatic heterocycles. The van der Waals surface area contributed by atoms with E-state index in [1.807, 2.05) is 0 Å². The maximum absolute atomic E-state index is 9.53. The molecule has 0 aromatic carbocycles. The third kappa shape index (κ3) is 1.17. The molecule has 2 fully saturated rings. The van der Waals surface area contributed by atoms with E-state index in [2.05, 4.69) is 4.90 Å². The van der Waals surface area contributed by atoms with Crippen molar-refractivity contribution in [1.82, 2.24) is 4.90 Å². The molecule has 0 aromatic rings. The average molecular weight is 156 g/mol. The summed E-state index contributed by atoms with van der Waals surface area (Å²) >= 11 is 0. The molecular formula is C8H16N2O. The molecule has 0 aromatic heterocycles. The van der Waals surface area contributed by atoms with Gasteiger partial charge in [0, 0.05) is 25.7 Å². The Kier molecular flexibility index (Phi) is 1.87. The quantitative estimate of drug-likeness (QED) is 0.533. The first-order valence-electron chi connectivity index (χ1n) is 4.43. The van der Waals surface area contributed by atoms with Crippen LogP contribution < -0.4 is 5.73 Å². The number of aliphatic hydroxyl groups is 1. The van der Waals surface area contributed by atoms with Crippen molar-refractivity contribution >= 4 is 0 Å². The summed E-state index contributed by atoms with van der Waals surface area (Å²) in [7, 11) is 0. The summed E-state index contributed by atoms with van der Waals surface area (Å²) in [5.74, 6) is 0.540. The van der Waals surface area contributed by atoms with Crippen LogP contribution in [0.2, 0.25) is 0 Å². The van der Waals surface area contributed by atoms with Crippen molar-refractivity contribution in [1.29, 1.82) is 0 Å². The zero-order chi connectivity index (χ0) is 7.84. The van der Waals surface area contributed by atoms with Crippen molar-refractivity contribution in [2.24, 2.45) is 11.7 Å². The highest BCUT2D eigenvalue weighted by atomic mass is 16.3. The topological polar surface area (TPSA) is 49.5 Å². The van der Waals surface area contributed by atoms with Crippen LogP contribution in [0, 0.1) is 5.92 Å². The highest BCUT2D eigenvalue weighted by molar-refractivity contribution is 4.92. The van der Waals surface area contributed by atoms with Crippen LogP contribution in [0.1, 0.15) is 12.8 Å². The van der Waals surface area contributed by atoms with E-state index in [9.17, 15) is 5.11 Å². The van der Waals surface area contributed by atoms with Crippen molar-refractivity contribution in [3.8, 4) is 0 Å². The van der Waals surface area contributed by atoms with Gasteiger partial charge in [-0.05, 0) is 18.8 Å². The fraction of sp³-hybridized carbons (Fsp3) is 1.00. The van der Waals surface area contributed by atoms with Gasteiger partial charge in [-0.2, -0.15) is 0 Å². The zero-order valence-corrected chi connectivity index (χ0v) is 6.74. The molecule has 3 nitrogen and oxygen atoms in total. The lowest BCUT2D eigenvalue weighted by molar-refractivity contribution is 0.144. The predicted octanol–water partition coefficient (Wildman–Crippen LogP) is -0.600. The molecule has 2 rings (SSSR count). The van der Waals surface area contributed by atoms with Gasteiger partial charge in [-0.3, -0.25) is 4.90 Å². The summed E-state index contributed by atoms with van der Waals surface area (Å²) in [4.78, 5) is 2.33. The molecule has 2 aliphatic rings. The van der Waals surface area contributed by atoms with Gasteiger partial charge in [-0.25, -0.2) is 0 Å². The first-order valence-corrected chi connectivity index (χ1v) is 4.43. The van der Waals surface area contributed by atoms with Gasteiger partial charge in [-0.1, -0.05) is 0 Å². The number of rotatable bonds is 1. The lowest BCUT2D eigenvalue weighted by Gasteiger charge is -2.30. The smallest absolute Gasteiger partial charge is 0.0707 e. The molecule has 0 aliphatic carbocycles. The molecule has 3 heteroatoms. The van der Waals surface area contributed by atoms with Crippen LogP contribution in [0.4, 0.5) is 0 Å². The molecule has 4 atom stereocenters. The highest BCUT2D eigenvalue weighted by Gasteiger charge is 2.38. The predicted molar refractivity (Wildman–Crippen MR) is 43.1 cm³/mol. The largest absolute Gasteiger partial charge is 0.391 e. The zero-order valence-electron chi connectivity index (χ0n) is 6.74. The van der Waals surface area contributed by atoms with Crippen LogP contribution in [-0.4, -0.2) is 41.8 Å². The maximum atomic E-state index is 9.53. The number of hydrogen-bond donors (Lipinski definition) is 2. The molecule has 2 heterocycles. The van der Waals surface area contributed by atoms with E-state index < -0.39 is 0 Å². The average Bonchev–Trinajstić information content (AvgIpc) is 2.30. The molecule has 2 bridgehead atoms. The minimum atomic E-state index is -0.0773. The fourth-order valence-electron chi connectivity index (χ4n) is 2.32. The van der Waals surface area contributed by atoms with E-state index in [4.69, 9.17) is 5.73 Å². The summed E-state index contributed by atoms with van der Waals surface area (Å²) in [5, 5.41) is 9.53. The SMILES string of the molecule is NCC1CCC2CN1CC2O. The summed E-state index contributed by atoms with van der Waals surface area (Å²) in [6.07, 6.45) is 2.27.